The summed E-state index contributed by atoms with van der Waals surface area (Å²) in [5, 5.41) is 0. The van der Waals surface area contributed by atoms with E-state index in [0.717, 1.165) is 5.56 Å². The van der Waals surface area contributed by atoms with Gasteiger partial charge in [-0.25, -0.2) is 4.79 Å². The van der Waals surface area contributed by atoms with Crippen LogP contribution in [0.4, 0.5) is 4.79 Å². The summed E-state index contributed by atoms with van der Waals surface area (Å²) in [6, 6.07) is 9.55. The molecule has 1 aromatic rings. The Labute approximate surface area is 136 Å². The molecule has 5 heteroatoms. The molecule has 1 aliphatic heterocycles. The molecule has 3 rings (SSSR count). The molecule has 0 aromatic heterocycles. The summed E-state index contributed by atoms with van der Waals surface area (Å²) in [6.45, 7) is 6.36. The second-order valence-corrected chi connectivity index (χ2v) is 7.36. The fourth-order valence-corrected chi connectivity index (χ4v) is 3.17. The van der Waals surface area contributed by atoms with Crippen LogP contribution >= 0.6 is 0 Å². The number of ether oxygens (including phenoxy) is 2. The summed E-state index contributed by atoms with van der Waals surface area (Å²) in [5.74, 6) is -0.197. The van der Waals surface area contributed by atoms with Gasteiger partial charge in [0.2, 0.25) is 0 Å². The lowest BCUT2D eigenvalue weighted by Crippen LogP contribution is -2.37. The Hall–Kier alpha value is -2.04. The van der Waals surface area contributed by atoms with Gasteiger partial charge in [-0.3, -0.25) is 4.79 Å². The maximum Gasteiger partial charge on any atom is 0.410 e. The minimum absolute atomic E-state index is 0.0689. The number of hydrogen-bond donors (Lipinski definition) is 0. The normalized spacial score (nSPS) is 25.7. The Kier molecular flexibility index (Phi) is 3.82. The molecule has 5 nitrogen and oxygen atoms in total. The highest BCUT2D eigenvalue weighted by Crippen LogP contribution is 2.58. The molecule has 1 aromatic carbocycles. The molecule has 0 radical (unpaired) electrons. The molecule has 23 heavy (non-hydrogen) atoms. The van der Waals surface area contributed by atoms with Crippen LogP contribution in [0.2, 0.25) is 0 Å². The van der Waals surface area contributed by atoms with E-state index < -0.39 is 11.0 Å². The molecule has 2 aliphatic rings. The van der Waals surface area contributed by atoms with Crippen LogP contribution in [0.15, 0.2) is 30.3 Å². The van der Waals surface area contributed by atoms with E-state index in [-0.39, 0.29) is 24.7 Å². The van der Waals surface area contributed by atoms with Gasteiger partial charge in [-0.05, 0) is 39.2 Å². The van der Waals surface area contributed by atoms with Gasteiger partial charge in [0.1, 0.15) is 12.2 Å². The zero-order chi connectivity index (χ0) is 16.7. The van der Waals surface area contributed by atoms with E-state index in [9.17, 15) is 9.59 Å². The average Bonchev–Trinajstić information content (AvgIpc) is 3.10. The number of likely N-dealkylation sites (tertiary alicyclic amines) is 1. The van der Waals surface area contributed by atoms with Crippen molar-refractivity contribution in [3.8, 4) is 0 Å². The molecule has 2 unspecified atom stereocenters. The van der Waals surface area contributed by atoms with E-state index in [2.05, 4.69) is 0 Å². The van der Waals surface area contributed by atoms with Crippen molar-refractivity contribution >= 4 is 12.1 Å². The second-order valence-electron chi connectivity index (χ2n) is 7.36. The molecular weight excluding hydrogens is 294 g/mol. The minimum atomic E-state index is -0.523. The third kappa shape index (κ3) is 3.19. The van der Waals surface area contributed by atoms with Crippen molar-refractivity contribution in [1.82, 2.24) is 4.90 Å². The number of nitrogens with zero attached hydrogens (tertiary/aromatic N) is 1. The zero-order valence-corrected chi connectivity index (χ0v) is 13.9. The largest absolute Gasteiger partial charge is 0.460 e. The quantitative estimate of drug-likeness (QED) is 0.804. The van der Waals surface area contributed by atoms with Crippen molar-refractivity contribution in [2.24, 2.45) is 5.41 Å². The molecule has 0 bridgehead atoms. The van der Waals surface area contributed by atoms with E-state index in [4.69, 9.17) is 9.47 Å². The van der Waals surface area contributed by atoms with Crippen LogP contribution in [0.3, 0.4) is 0 Å². The molecule has 1 heterocycles. The number of esters is 1. The highest BCUT2D eigenvalue weighted by Gasteiger charge is 2.68. The first-order valence-corrected chi connectivity index (χ1v) is 8.03. The first-order valence-electron chi connectivity index (χ1n) is 8.03. The predicted molar refractivity (Wildman–Crippen MR) is 84.6 cm³/mol. The summed E-state index contributed by atoms with van der Waals surface area (Å²) in [5.41, 5.74) is -0.0621. The van der Waals surface area contributed by atoms with Gasteiger partial charge in [-0.15, -0.1) is 0 Å². The van der Waals surface area contributed by atoms with Crippen molar-refractivity contribution in [3.63, 3.8) is 0 Å². The molecular formula is C18H23NO4. The molecule has 1 saturated heterocycles. The molecule has 2 atom stereocenters. The number of fused-ring (bicyclic) bond motifs is 1. The lowest BCUT2D eigenvalue weighted by Gasteiger charge is -2.25. The standard InChI is InChI=1S/C18H23NO4/c1-17(2,3)23-16(21)19-10-9-18(11-14(18)19)15(20)22-12-13-7-5-4-6-8-13/h4-8,14H,9-12H2,1-3H3. The number of carbonyl (C=O) groups is 2. The van der Waals surface area contributed by atoms with Crippen LogP contribution in [0, 0.1) is 5.41 Å². The summed E-state index contributed by atoms with van der Waals surface area (Å²) in [4.78, 5) is 26.3. The molecule has 1 aliphatic carbocycles. The molecule has 1 amide bonds. The van der Waals surface area contributed by atoms with Gasteiger partial charge in [0.05, 0.1) is 11.5 Å². The number of amides is 1. The highest BCUT2D eigenvalue weighted by molar-refractivity contribution is 5.84. The molecule has 1 saturated carbocycles. The summed E-state index contributed by atoms with van der Waals surface area (Å²) in [6.07, 6.45) is 1.00. The van der Waals surface area contributed by atoms with Gasteiger partial charge in [0.25, 0.3) is 0 Å². The Morgan fingerprint density at radius 3 is 2.57 bits per heavy atom. The first-order chi connectivity index (χ1) is 10.8. The molecule has 0 N–H and O–H groups in total. The van der Waals surface area contributed by atoms with E-state index in [1.54, 1.807) is 4.90 Å². The van der Waals surface area contributed by atoms with Crippen LogP contribution < -0.4 is 0 Å². The fourth-order valence-electron chi connectivity index (χ4n) is 3.17. The van der Waals surface area contributed by atoms with Crippen molar-refractivity contribution in [2.45, 2.75) is 51.9 Å². The average molecular weight is 317 g/mol. The lowest BCUT2D eigenvalue weighted by atomic mass is 10.1. The van der Waals surface area contributed by atoms with Crippen LogP contribution in [-0.2, 0) is 20.9 Å². The number of rotatable bonds is 3. The van der Waals surface area contributed by atoms with Gasteiger partial charge >= 0.3 is 12.1 Å². The summed E-state index contributed by atoms with van der Waals surface area (Å²) >= 11 is 0. The lowest BCUT2D eigenvalue weighted by molar-refractivity contribution is -0.151. The van der Waals surface area contributed by atoms with Crippen molar-refractivity contribution in [2.75, 3.05) is 6.54 Å². The number of piperidine rings is 1. The topological polar surface area (TPSA) is 55.8 Å². The van der Waals surface area contributed by atoms with Gasteiger partial charge in [-0.2, -0.15) is 0 Å². The first kappa shape index (κ1) is 15.8. The van der Waals surface area contributed by atoms with Crippen LogP contribution in [0.5, 0.6) is 0 Å². The second kappa shape index (κ2) is 5.55. The number of carbonyl (C=O) groups excluding carboxylic acids is 2. The van der Waals surface area contributed by atoms with Gasteiger partial charge in [0.15, 0.2) is 0 Å². The van der Waals surface area contributed by atoms with E-state index in [1.807, 2.05) is 51.1 Å². The molecule has 2 fully saturated rings. The zero-order valence-electron chi connectivity index (χ0n) is 13.9. The minimum Gasteiger partial charge on any atom is -0.460 e. The number of hydrogen-bond acceptors (Lipinski definition) is 4. The summed E-state index contributed by atoms with van der Waals surface area (Å²) < 4.78 is 10.9. The Morgan fingerprint density at radius 2 is 1.96 bits per heavy atom. The monoisotopic (exact) mass is 317 g/mol. The third-order valence-corrected chi connectivity index (χ3v) is 4.46. The summed E-state index contributed by atoms with van der Waals surface area (Å²) in [7, 11) is 0. The Bertz CT molecular complexity index is 607. The van der Waals surface area contributed by atoms with Crippen molar-refractivity contribution in [1.29, 1.82) is 0 Å². The van der Waals surface area contributed by atoms with Crippen LogP contribution in [0.1, 0.15) is 39.2 Å². The Morgan fingerprint density at radius 1 is 1.26 bits per heavy atom. The van der Waals surface area contributed by atoms with E-state index in [0.29, 0.717) is 19.4 Å². The predicted octanol–water partition coefficient (Wildman–Crippen LogP) is 3.13. The number of benzene rings is 1. The van der Waals surface area contributed by atoms with E-state index >= 15 is 0 Å². The Balaban J connectivity index is 1.56. The van der Waals surface area contributed by atoms with Gasteiger partial charge in [0, 0.05) is 6.54 Å². The highest BCUT2D eigenvalue weighted by atomic mass is 16.6. The molecule has 124 valence electrons. The maximum absolute atomic E-state index is 12.4. The maximum atomic E-state index is 12.4. The van der Waals surface area contributed by atoms with E-state index in [1.165, 1.54) is 0 Å². The molecule has 0 spiro atoms. The van der Waals surface area contributed by atoms with Crippen molar-refractivity contribution < 1.29 is 19.1 Å². The van der Waals surface area contributed by atoms with Crippen LogP contribution in [0.25, 0.3) is 0 Å². The van der Waals surface area contributed by atoms with Gasteiger partial charge in [-0.1, -0.05) is 30.3 Å². The smallest absolute Gasteiger partial charge is 0.410 e. The SMILES string of the molecule is CC(C)(C)OC(=O)N1CCC2(C(=O)OCc3ccccc3)CC12. The van der Waals surface area contributed by atoms with Gasteiger partial charge < -0.3 is 14.4 Å². The van der Waals surface area contributed by atoms with Crippen molar-refractivity contribution in [3.05, 3.63) is 35.9 Å². The third-order valence-electron chi connectivity index (χ3n) is 4.46. The van der Waals surface area contributed by atoms with Crippen LogP contribution in [-0.4, -0.2) is 35.2 Å². The fraction of sp³-hybridized carbons (Fsp3) is 0.556.